The Labute approximate surface area is 154 Å². The number of aryl methyl sites for hydroxylation is 1. The highest BCUT2D eigenvalue weighted by molar-refractivity contribution is 7.89. The molecule has 0 saturated carbocycles. The molecule has 1 aliphatic rings. The van der Waals surface area contributed by atoms with Crippen LogP contribution in [0.25, 0.3) is 0 Å². The maximum atomic E-state index is 12.7. The van der Waals surface area contributed by atoms with E-state index < -0.39 is 39.1 Å². The van der Waals surface area contributed by atoms with E-state index in [4.69, 9.17) is 0 Å². The molecule has 0 bridgehead atoms. The maximum Gasteiger partial charge on any atom is 0.416 e. The predicted molar refractivity (Wildman–Crippen MR) is 92.3 cm³/mol. The van der Waals surface area contributed by atoms with Gasteiger partial charge in [-0.3, -0.25) is 4.79 Å². The first-order valence-electron chi connectivity index (χ1n) is 8.21. The van der Waals surface area contributed by atoms with Gasteiger partial charge in [0.05, 0.1) is 23.0 Å². The number of halogens is 3. The van der Waals surface area contributed by atoms with Crippen LogP contribution in [0, 0.1) is 0 Å². The van der Waals surface area contributed by atoms with Crippen molar-refractivity contribution in [1.82, 2.24) is 10.0 Å². The van der Waals surface area contributed by atoms with Gasteiger partial charge in [0.1, 0.15) is 0 Å². The average molecular weight is 398 g/mol. The summed E-state index contributed by atoms with van der Waals surface area (Å²) < 4.78 is 64.6. The van der Waals surface area contributed by atoms with Crippen molar-refractivity contribution >= 4 is 15.9 Å². The van der Waals surface area contributed by atoms with Gasteiger partial charge in [0, 0.05) is 0 Å². The first-order valence-corrected chi connectivity index (χ1v) is 9.69. The highest BCUT2D eigenvalue weighted by Crippen LogP contribution is 2.31. The number of fused-ring (bicyclic) bond motifs is 1. The summed E-state index contributed by atoms with van der Waals surface area (Å²) in [6, 6.07) is 10.8. The molecule has 1 aliphatic carbocycles. The molecular weight excluding hydrogens is 381 g/mol. The number of alkyl halides is 3. The SMILES string of the molecule is O=C(CNS(=O)(=O)c1cccc(C(F)(F)F)c1)NC1CCc2ccccc21. The molecule has 2 aromatic rings. The third kappa shape index (κ3) is 4.48. The van der Waals surface area contributed by atoms with Crippen molar-refractivity contribution < 1.29 is 26.4 Å². The molecule has 9 heteroatoms. The van der Waals surface area contributed by atoms with Crippen LogP contribution in [0.2, 0.25) is 0 Å². The van der Waals surface area contributed by atoms with Crippen molar-refractivity contribution in [3.63, 3.8) is 0 Å². The second-order valence-electron chi connectivity index (χ2n) is 6.21. The van der Waals surface area contributed by atoms with E-state index in [1.54, 1.807) is 0 Å². The van der Waals surface area contributed by atoms with Crippen molar-refractivity contribution in [2.24, 2.45) is 0 Å². The first-order chi connectivity index (χ1) is 12.7. The lowest BCUT2D eigenvalue weighted by molar-refractivity contribution is -0.137. The Kier molecular flexibility index (Phi) is 5.25. The fourth-order valence-corrected chi connectivity index (χ4v) is 4.06. The molecule has 1 unspecified atom stereocenters. The topological polar surface area (TPSA) is 75.3 Å². The van der Waals surface area contributed by atoms with E-state index in [1.165, 1.54) is 0 Å². The number of nitrogens with one attached hydrogen (secondary N) is 2. The van der Waals surface area contributed by atoms with Gasteiger partial charge in [-0.2, -0.15) is 13.2 Å². The van der Waals surface area contributed by atoms with E-state index in [1.807, 2.05) is 29.0 Å². The van der Waals surface area contributed by atoms with E-state index >= 15 is 0 Å². The van der Waals surface area contributed by atoms with Crippen LogP contribution in [0.5, 0.6) is 0 Å². The van der Waals surface area contributed by atoms with Crippen LogP contribution in [0.4, 0.5) is 13.2 Å². The molecule has 0 fully saturated rings. The molecule has 0 aliphatic heterocycles. The van der Waals surface area contributed by atoms with Gasteiger partial charge in [0.2, 0.25) is 15.9 Å². The minimum atomic E-state index is -4.65. The number of rotatable bonds is 5. The summed E-state index contributed by atoms with van der Waals surface area (Å²) in [4.78, 5) is 11.5. The Bertz CT molecular complexity index is 958. The van der Waals surface area contributed by atoms with Gasteiger partial charge in [-0.1, -0.05) is 30.3 Å². The third-order valence-electron chi connectivity index (χ3n) is 4.36. The third-order valence-corrected chi connectivity index (χ3v) is 5.76. The number of hydrogen-bond acceptors (Lipinski definition) is 3. The summed E-state index contributed by atoms with van der Waals surface area (Å²) >= 11 is 0. The molecule has 0 aromatic heterocycles. The maximum absolute atomic E-state index is 12.7. The molecule has 3 rings (SSSR count). The van der Waals surface area contributed by atoms with Crippen molar-refractivity contribution in [1.29, 1.82) is 0 Å². The van der Waals surface area contributed by atoms with E-state index in [2.05, 4.69) is 5.32 Å². The van der Waals surface area contributed by atoms with Crippen molar-refractivity contribution in [3.8, 4) is 0 Å². The number of sulfonamides is 1. The molecule has 2 N–H and O–H groups in total. The van der Waals surface area contributed by atoms with E-state index in [0.717, 1.165) is 35.7 Å². The zero-order valence-electron chi connectivity index (χ0n) is 14.1. The van der Waals surface area contributed by atoms with Crippen LogP contribution in [0.3, 0.4) is 0 Å². The zero-order valence-corrected chi connectivity index (χ0v) is 14.9. The van der Waals surface area contributed by atoms with Gasteiger partial charge < -0.3 is 5.32 Å². The van der Waals surface area contributed by atoms with Crippen molar-refractivity contribution in [3.05, 3.63) is 65.2 Å². The van der Waals surface area contributed by atoms with Crippen LogP contribution >= 0.6 is 0 Å². The van der Waals surface area contributed by atoms with Gasteiger partial charge in [-0.15, -0.1) is 0 Å². The Morgan fingerprint density at radius 1 is 1.11 bits per heavy atom. The van der Waals surface area contributed by atoms with Gasteiger partial charge in [0.25, 0.3) is 0 Å². The Morgan fingerprint density at radius 2 is 1.85 bits per heavy atom. The Morgan fingerprint density at radius 3 is 2.59 bits per heavy atom. The number of carbonyl (C=O) groups excluding carboxylic acids is 1. The summed E-state index contributed by atoms with van der Waals surface area (Å²) in [7, 11) is -4.24. The summed E-state index contributed by atoms with van der Waals surface area (Å²) in [6.45, 7) is -0.558. The number of carbonyl (C=O) groups is 1. The lowest BCUT2D eigenvalue weighted by atomic mass is 10.1. The van der Waals surface area contributed by atoms with Crippen LogP contribution in [-0.4, -0.2) is 20.9 Å². The quantitative estimate of drug-likeness (QED) is 0.813. The summed E-state index contributed by atoms with van der Waals surface area (Å²) in [5.74, 6) is -0.549. The smallest absolute Gasteiger partial charge is 0.348 e. The fourth-order valence-electron chi connectivity index (χ4n) is 3.04. The van der Waals surface area contributed by atoms with Crippen LogP contribution < -0.4 is 10.0 Å². The molecule has 5 nitrogen and oxygen atoms in total. The fraction of sp³-hybridized carbons (Fsp3) is 0.278. The van der Waals surface area contributed by atoms with Crippen molar-refractivity contribution in [2.45, 2.75) is 30.0 Å². The van der Waals surface area contributed by atoms with Crippen molar-refractivity contribution in [2.75, 3.05) is 6.54 Å². The molecular formula is C18H17F3N2O3S. The number of hydrogen-bond donors (Lipinski definition) is 2. The number of benzene rings is 2. The number of amides is 1. The molecule has 144 valence electrons. The zero-order chi connectivity index (χ0) is 19.7. The van der Waals surface area contributed by atoms with E-state index in [0.29, 0.717) is 12.5 Å². The predicted octanol–water partition coefficient (Wildman–Crippen LogP) is 2.79. The summed E-state index contributed by atoms with van der Waals surface area (Å²) in [5.41, 5.74) is 1.05. The van der Waals surface area contributed by atoms with Gasteiger partial charge in [-0.25, -0.2) is 13.1 Å². The normalized spacial score (nSPS) is 16.8. The van der Waals surface area contributed by atoms with Crippen LogP contribution in [0.1, 0.15) is 29.2 Å². The van der Waals surface area contributed by atoms with E-state index in [9.17, 15) is 26.4 Å². The highest BCUT2D eigenvalue weighted by Gasteiger charge is 2.32. The minimum absolute atomic E-state index is 0.202. The first kappa shape index (κ1) is 19.4. The lowest BCUT2D eigenvalue weighted by Gasteiger charge is -2.15. The monoisotopic (exact) mass is 398 g/mol. The van der Waals surface area contributed by atoms with Gasteiger partial charge in [0.15, 0.2) is 0 Å². The lowest BCUT2D eigenvalue weighted by Crippen LogP contribution is -2.38. The second-order valence-corrected chi connectivity index (χ2v) is 7.97. The molecule has 0 radical (unpaired) electrons. The van der Waals surface area contributed by atoms with Crippen LogP contribution in [-0.2, 0) is 27.4 Å². The molecule has 1 atom stereocenters. The highest BCUT2D eigenvalue weighted by atomic mass is 32.2. The molecule has 1 amide bonds. The van der Waals surface area contributed by atoms with Crippen LogP contribution in [0.15, 0.2) is 53.4 Å². The Hall–Kier alpha value is -2.39. The molecule has 0 spiro atoms. The largest absolute Gasteiger partial charge is 0.416 e. The summed E-state index contributed by atoms with van der Waals surface area (Å²) in [5, 5.41) is 2.75. The Balaban J connectivity index is 1.63. The molecule has 27 heavy (non-hydrogen) atoms. The molecule has 0 saturated heterocycles. The molecule has 2 aromatic carbocycles. The average Bonchev–Trinajstić information content (AvgIpc) is 3.03. The van der Waals surface area contributed by atoms with E-state index in [-0.39, 0.29) is 6.04 Å². The minimum Gasteiger partial charge on any atom is -0.348 e. The van der Waals surface area contributed by atoms with Gasteiger partial charge >= 0.3 is 6.18 Å². The second kappa shape index (κ2) is 7.32. The molecule has 0 heterocycles. The standard InChI is InChI=1S/C18H17F3N2O3S/c19-18(20,21)13-5-3-6-14(10-13)27(25,26)22-11-17(24)23-16-9-8-12-4-1-2-7-15(12)16/h1-7,10,16,22H,8-9,11H2,(H,23,24). The van der Waals surface area contributed by atoms with Gasteiger partial charge in [-0.05, 0) is 42.2 Å². The summed E-state index contributed by atoms with van der Waals surface area (Å²) in [6.07, 6.45) is -3.12.